The minimum Gasteiger partial charge on any atom is -0.508 e. The molecule has 0 saturated carbocycles. The maximum atomic E-state index is 12.2. The van der Waals surface area contributed by atoms with Crippen LogP contribution in [0.1, 0.15) is 25.8 Å². The number of nitrogens with one attached hydrogen (secondary N) is 1. The van der Waals surface area contributed by atoms with E-state index in [1.165, 1.54) is 11.0 Å². The summed E-state index contributed by atoms with van der Waals surface area (Å²) in [6.45, 7) is 5.70. The number of urea groups is 1. The summed E-state index contributed by atoms with van der Waals surface area (Å²) >= 11 is 0. The van der Waals surface area contributed by atoms with E-state index in [9.17, 15) is 14.7 Å². The molecule has 0 heterocycles. The van der Waals surface area contributed by atoms with Crippen molar-refractivity contribution >= 4 is 17.7 Å². The summed E-state index contributed by atoms with van der Waals surface area (Å²) in [7, 11) is 0. The Bertz CT molecular complexity index is 502. The second-order valence-corrected chi connectivity index (χ2v) is 4.66. The summed E-state index contributed by atoms with van der Waals surface area (Å²) in [6.07, 6.45) is -0.137. The van der Waals surface area contributed by atoms with Gasteiger partial charge in [0.15, 0.2) is 0 Å². The third-order valence-corrected chi connectivity index (χ3v) is 2.90. The number of rotatable bonds is 5. The maximum absolute atomic E-state index is 12.2. The van der Waals surface area contributed by atoms with E-state index >= 15 is 0 Å². The molecule has 6 nitrogen and oxygen atoms in total. The number of phenols is 1. The van der Waals surface area contributed by atoms with E-state index in [4.69, 9.17) is 5.11 Å². The number of hydrogen-bond acceptors (Lipinski definition) is 3. The van der Waals surface area contributed by atoms with Gasteiger partial charge in [-0.1, -0.05) is 6.07 Å². The smallest absolute Gasteiger partial charge is 0.322 e. The van der Waals surface area contributed by atoms with E-state index in [0.717, 1.165) is 5.56 Å². The molecule has 0 aliphatic carbocycles. The molecule has 0 saturated heterocycles. The largest absolute Gasteiger partial charge is 0.508 e. The molecule has 0 fully saturated rings. The molecule has 0 radical (unpaired) electrons. The predicted molar refractivity (Wildman–Crippen MR) is 76.1 cm³/mol. The van der Waals surface area contributed by atoms with Crippen molar-refractivity contribution in [3.8, 4) is 5.75 Å². The molecule has 1 aromatic carbocycles. The number of amides is 2. The molecule has 1 aromatic rings. The summed E-state index contributed by atoms with van der Waals surface area (Å²) in [5, 5.41) is 20.9. The van der Waals surface area contributed by atoms with Crippen molar-refractivity contribution in [2.45, 2.75) is 33.2 Å². The Morgan fingerprint density at radius 2 is 2.05 bits per heavy atom. The van der Waals surface area contributed by atoms with E-state index in [-0.39, 0.29) is 18.2 Å². The van der Waals surface area contributed by atoms with Gasteiger partial charge in [0.25, 0.3) is 0 Å². The van der Waals surface area contributed by atoms with Crippen LogP contribution >= 0.6 is 0 Å². The monoisotopic (exact) mass is 280 g/mol. The molecule has 0 aliphatic rings. The average molecular weight is 280 g/mol. The van der Waals surface area contributed by atoms with Crippen LogP contribution in [0.4, 0.5) is 10.5 Å². The van der Waals surface area contributed by atoms with Crippen molar-refractivity contribution in [1.82, 2.24) is 5.32 Å². The number of hydrogen-bond donors (Lipinski definition) is 3. The van der Waals surface area contributed by atoms with Crippen molar-refractivity contribution in [3.05, 3.63) is 23.8 Å². The Morgan fingerprint density at radius 1 is 1.40 bits per heavy atom. The second kappa shape index (κ2) is 6.79. The van der Waals surface area contributed by atoms with Crippen LogP contribution in [0.25, 0.3) is 0 Å². The number of aryl methyl sites for hydroxylation is 1. The highest BCUT2D eigenvalue weighted by atomic mass is 16.4. The molecule has 3 N–H and O–H groups in total. The Hall–Kier alpha value is -2.24. The van der Waals surface area contributed by atoms with Crippen molar-refractivity contribution in [3.63, 3.8) is 0 Å². The highest BCUT2D eigenvalue weighted by molar-refractivity contribution is 5.93. The van der Waals surface area contributed by atoms with Crippen LogP contribution in [0, 0.1) is 6.92 Å². The first kappa shape index (κ1) is 15.8. The molecular formula is C14H20N2O4. The van der Waals surface area contributed by atoms with Gasteiger partial charge in [-0.25, -0.2) is 4.79 Å². The molecule has 1 atom stereocenters. The van der Waals surface area contributed by atoms with Crippen LogP contribution in [0.15, 0.2) is 18.2 Å². The quantitative estimate of drug-likeness (QED) is 0.770. The normalized spacial score (nSPS) is 11.8. The summed E-state index contributed by atoms with van der Waals surface area (Å²) in [6, 6.07) is 3.95. The number of aliphatic carboxylic acids is 1. The fraction of sp³-hybridized carbons (Fsp3) is 0.429. The van der Waals surface area contributed by atoms with Crippen molar-refractivity contribution in [1.29, 1.82) is 0 Å². The van der Waals surface area contributed by atoms with E-state index in [0.29, 0.717) is 12.2 Å². The third kappa shape index (κ3) is 4.15. The lowest BCUT2D eigenvalue weighted by Crippen LogP contribution is -2.44. The van der Waals surface area contributed by atoms with E-state index < -0.39 is 12.0 Å². The highest BCUT2D eigenvalue weighted by Gasteiger charge is 2.19. The van der Waals surface area contributed by atoms with E-state index in [1.807, 2.05) is 13.8 Å². The molecule has 0 bridgehead atoms. The number of aromatic hydroxyl groups is 1. The van der Waals surface area contributed by atoms with Gasteiger partial charge < -0.3 is 15.5 Å². The summed E-state index contributed by atoms with van der Waals surface area (Å²) in [5.74, 6) is -0.884. The van der Waals surface area contributed by atoms with Gasteiger partial charge in [-0.2, -0.15) is 0 Å². The molecule has 1 unspecified atom stereocenters. The first-order valence-electron chi connectivity index (χ1n) is 6.44. The molecule has 6 heteroatoms. The zero-order valence-electron chi connectivity index (χ0n) is 11.9. The van der Waals surface area contributed by atoms with Crippen LogP contribution in [0.5, 0.6) is 5.75 Å². The Balaban J connectivity index is 2.87. The minimum atomic E-state index is -0.964. The summed E-state index contributed by atoms with van der Waals surface area (Å²) in [5.41, 5.74) is 1.46. The van der Waals surface area contributed by atoms with Gasteiger partial charge in [-0.05, 0) is 32.4 Å². The van der Waals surface area contributed by atoms with Crippen molar-refractivity contribution < 1.29 is 19.8 Å². The number of carboxylic acids is 1. The van der Waals surface area contributed by atoms with Gasteiger partial charge in [-0.3, -0.25) is 9.69 Å². The molecular weight excluding hydrogens is 260 g/mol. The van der Waals surface area contributed by atoms with Crippen LogP contribution < -0.4 is 10.2 Å². The Labute approximate surface area is 118 Å². The maximum Gasteiger partial charge on any atom is 0.322 e. The van der Waals surface area contributed by atoms with Gasteiger partial charge in [0, 0.05) is 18.7 Å². The lowest BCUT2D eigenvalue weighted by atomic mass is 10.1. The van der Waals surface area contributed by atoms with Crippen LogP contribution in [-0.2, 0) is 4.79 Å². The topological polar surface area (TPSA) is 89.9 Å². The molecule has 1 rings (SSSR count). The van der Waals surface area contributed by atoms with Gasteiger partial charge in [0.1, 0.15) is 5.75 Å². The SMILES string of the molecule is CCN(C(=O)NC(C)CC(=O)O)c1cc(O)ccc1C. The van der Waals surface area contributed by atoms with Crippen LogP contribution in [0.2, 0.25) is 0 Å². The lowest BCUT2D eigenvalue weighted by molar-refractivity contribution is -0.137. The highest BCUT2D eigenvalue weighted by Crippen LogP contribution is 2.25. The van der Waals surface area contributed by atoms with Gasteiger partial charge >= 0.3 is 12.0 Å². The number of anilines is 1. The van der Waals surface area contributed by atoms with Gasteiger partial charge in [0.2, 0.25) is 0 Å². The second-order valence-electron chi connectivity index (χ2n) is 4.66. The molecule has 0 aliphatic heterocycles. The number of carbonyl (C=O) groups is 2. The molecule has 110 valence electrons. The van der Waals surface area contributed by atoms with Crippen molar-refractivity contribution in [2.24, 2.45) is 0 Å². The number of carbonyl (C=O) groups excluding carboxylic acids is 1. The third-order valence-electron chi connectivity index (χ3n) is 2.90. The first-order chi connectivity index (χ1) is 9.35. The summed E-state index contributed by atoms with van der Waals surface area (Å²) < 4.78 is 0. The van der Waals surface area contributed by atoms with E-state index in [2.05, 4.69) is 5.32 Å². The van der Waals surface area contributed by atoms with E-state index in [1.54, 1.807) is 19.1 Å². The lowest BCUT2D eigenvalue weighted by Gasteiger charge is -2.25. The number of phenolic OH excluding ortho intramolecular Hbond substituents is 1. The van der Waals surface area contributed by atoms with Gasteiger partial charge in [0.05, 0.1) is 12.1 Å². The van der Waals surface area contributed by atoms with Gasteiger partial charge in [-0.15, -0.1) is 0 Å². The van der Waals surface area contributed by atoms with Crippen molar-refractivity contribution in [2.75, 3.05) is 11.4 Å². The molecule has 2 amide bonds. The standard InChI is InChI=1S/C14H20N2O4/c1-4-16(12-8-11(17)6-5-9(12)2)14(20)15-10(3)7-13(18)19/h5-6,8,10,17H,4,7H2,1-3H3,(H,15,20)(H,18,19). The fourth-order valence-electron chi connectivity index (χ4n) is 1.91. The fourth-order valence-corrected chi connectivity index (χ4v) is 1.91. The number of nitrogens with zero attached hydrogens (tertiary/aromatic N) is 1. The zero-order valence-corrected chi connectivity index (χ0v) is 11.9. The van der Waals surface area contributed by atoms with Crippen LogP contribution in [-0.4, -0.2) is 34.8 Å². The molecule has 0 aromatic heterocycles. The number of benzene rings is 1. The Kier molecular flexibility index (Phi) is 5.37. The zero-order chi connectivity index (χ0) is 15.3. The molecule has 0 spiro atoms. The van der Waals surface area contributed by atoms with Crippen LogP contribution in [0.3, 0.4) is 0 Å². The predicted octanol–water partition coefficient (Wildman–Crippen LogP) is 2.10. The first-order valence-corrected chi connectivity index (χ1v) is 6.44. The average Bonchev–Trinajstić information content (AvgIpc) is 2.33. The Morgan fingerprint density at radius 3 is 2.60 bits per heavy atom. The number of carboxylic acid groups (broad SMARTS) is 1. The summed E-state index contributed by atoms with van der Waals surface area (Å²) in [4.78, 5) is 24.2. The molecule has 20 heavy (non-hydrogen) atoms. The minimum absolute atomic E-state index is 0.0791.